The highest BCUT2D eigenvalue weighted by atomic mass is 16.5. The summed E-state index contributed by atoms with van der Waals surface area (Å²) < 4.78 is 5.60. The first kappa shape index (κ1) is 11.0. The van der Waals surface area contributed by atoms with E-state index >= 15 is 0 Å². The molecule has 0 bridgehead atoms. The van der Waals surface area contributed by atoms with Crippen molar-refractivity contribution in [2.75, 3.05) is 13.2 Å². The highest BCUT2D eigenvalue weighted by Gasteiger charge is 2.32. The molecule has 3 unspecified atom stereocenters. The predicted octanol–water partition coefficient (Wildman–Crippen LogP) is 2.05. The lowest BCUT2D eigenvalue weighted by Crippen LogP contribution is -2.42. The van der Waals surface area contributed by atoms with Gasteiger partial charge in [-0.1, -0.05) is 20.8 Å². The Bertz CT molecular complexity index is 147. The molecule has 0 aliphatic carbocycles. The summed E-state index contributed by atoms with van der Waals surface area (Å²) in [5.41, 5.74) is 0. The third-order valence-electron chi connectivity index (χ3n) is 3.05. The van der Waals surface area contributed by atoms with Crippen LogP contribution in [0.4, 0.5) is 0 Å². The topological polar surface area (TPSA) is 21.3 Å². The molecule has 2 heteroatoms. The Labute approximate surface area is 82.0 Å². The first-order valence-electron chi connectivity index (χ1n) is 5.51. The Balaban J connectivity index is 2.52. The maximum Gasteiger partial charge on any atom is 0.0590 e. The molecule has 1 aliphatic rings. The van der Waals surface area contributed by atoms with Crippen LogP contribution in [0.15, 0.2) is 0 Å². The van der Waals surface area contributed by atoms with E-state index in [-0.39, 0.29) is 0 Å². The Morgan fingerprint density at radius 3 is 2.54 bits per heavy atom. The van der Waals surface area contributed by atoms with Gasteiger partial charge in [0, 0.05) is 18.6 Å². The monoisotopic (exact) mass is 185 g/mol. The fraction of sp³-hybridized carbons (Fsp3) is 1.00. The summed E-state index contributed by atoms with van der Waals surface area (Å²) in [4.78, 5) is 0. The fourth-order valence-corrected chi connectivity index (χ4v) is 2.34. The normalized spacial score (nSPS) is 31.2. The molecule has 2 nitrogen and oxygen atoms in total. The van der Waals surface area contributed by atoms with Crippen molar-refractivity contribution in [3.63, 3.8) is 0 Å². The van der Waals surface area contributed by atoms with Crippen molar-refractivity contribution < 1.29 is 4.74 Å². The summed E-state index contributed by atoms with van der Waals surface area (Å²) in [6.45, 7) is 11.0. The van der Waals surface area contributed by atoms with Gasteiger partial charge < -0.3 is 10.1 Å². The van der Waals surface area contributed by atoms with E-state index in [1.54, 1.807) is 0 Å². The lowest BCUT2D eigenvalue weighted by Gasteiger charge is -2.29. The molecule has 3 atom stereocenters. The second kappa shape index (κ2) is 4.97. The minimum absolute atomic E-state index is 0.437. The van der Waals surface area contributed by atoms with Crippen molar-refractivity contribution in [2.45, 2.75) is 46.3 Å². The van der Waals surface area contributed by atoms with Gasteiger partial charge in [0.2, 0.25) is 0 Å². The summed E-state index contributed by atoms with van der Waals surface area (Å²) in [5, 5.41) is 3.57. The molecule has 0 amide bonds. The molecule has 1 aliphatic heterocycles. The molecule has 1 heterocycles. The predicted molar refractivity (Wildman–Crippen MR) is 55.8 cm³/mol. The number of nitrogens with one attached hydrogen (secondary N) is 1. The minimum Gasteiger partial charge on any atom is -0.378 e. The van der Waals surface area contributed by atoms with Gasteiger partial charge in [0.05, 0.1) is 6.10 Å². The molecule has 1 N–H and O–H groups in total. The molecular formula is C11H23NO. The summed E-state index contributed by atoms with van der Waals surface area (Å²) in [6.07, 6.45) is 1.66. The molecule has 0 aromatic heterocycles. The van der Waals surface area contributed by atoms with Crippen LogP contribution in [0.3, 0.4) is 0 Å². The molecule has 1 rings (SSSR count). The molecule has 0 aromatic rings. The molecule has 13 heavy (non-hydrogen) atoms. The Morgan fingerprint density at radius 1 is 1.46 bits per heavy atom. The molecule has 0 saturated carbocycles. The molecule has 0 radical (unpaired) electrons. The van der Waals surface area contributed by atoms with Crippen molar-refractivity contribution in [1.29, 1.82) is 0 Å². The van der Waals surface area contributed by atoms with Gasteiger partial charge in [-0.3, -0.25) is 0 Å². The van der Waals surface area contributed by atoms with Crippen LogP contribution in [-0.2, 0) is 4.74 Å². The van der Waals surface area contributed by atoms with Gasteiger partial charge >= 0.3 is 0 Å². The van der Waals surface area contributed by atoms with Crippen molar-refractivity contribution in [3.05, 3.63) is 0 Å². The Hall–Kier alpha value is -0.0800. The fourth-order valence-electron chi connectivity index (χ4n) is 2.34. The summed E-state index contributed by atoms with van der Waals surface area (Å²) in [6, 6.07) is 0.627. The summed E-state index contributed by atoms with van der Waals surface area (Å²) in [7, 11) is 0. The minimum atomic E-state index is 0.437. The molecule has 1 saturated heterocycles. The highest BCUT2D eigenvalue weighted by Crippen LogP contribution is 2.27. The number of hydrogen-bond acceptors (Lipinski definition) is 2. The highest BCUT2D eigenvalue weighted by molar-refractivity contribution is 4.85. The Kier molecular flexibility index (Phi) is 4.20. The standard InChI is InChI=1S/C11H23NO/c1-5-12-11(8(2)3)10-6-7-13-9(10)4/h8-12H,5-7H2,1-4H3. The molecule has 0 aromatic carbocycles. The van der Waals surface area contributed by atoms with E-state index in [2.05, 4.69) is 33.0 Å². The third kappa shape index (κ3) is 2.68. The van der Waals surface area contributed by atoms with Crippen LogP contribution in [0.1, 0.15) is 34.1 Å². The quantitative estimate of drug-likeness (QED) is 0.723. The van der Waals surface area contributed by atoms with Gasteiger partial charge in [0.15, 0.2) is 0 Å². The van der Waals surface area contributed by atoms with E-state index in [0.29, 0.717) is 24.0 Å². The lowest BCUT2D eigenvalue weighted by molar-refractivity contribution is 0.0893. The van der Waals surface area contributed by atoms with Gasteiger partial charge in [-0.2, -0.15) is 0 Å². The van der Waals surface area contributed by atoms with E-state index in [4.69, 9.17) is 4.74 Å². The molecule has 78 valence electrons. The summed E-state index contributed by atoms with van der Waals surface area (Å²) >= 11 is 0. The van der Waals surface area contributed by atoms with Crippen LogP contribution in [0.5, 0.6) is 0 Å². The second-order valence-electron chi connectivity index (χ2n) is 4.36. The van der Waals surface area contributed by atoms with Crippen LogP contribution >= 0.6 is 0 Å². The van der Waals surface area contributed by atoms with Crippen LogP contribution in [-0.4, -0.2) is 25.3 Å². The first-order valence-corrected chi connectivity index (χ1v) is 5.51. The van der Waals surface area contributed by atoms with Crippen molar-refractivity contribution in [2.24, 2.45) is 11.8 Å². The zero-order valence-corrected chi connectivity index (χ0v) is 9.34. The van der Waals surface area contributed by atoms with Crippen LogP contribution < -0.4 is 5.32 Å². The maximum atomic E-state index is 5.60. The first-order chi connectivity index (χ1) is 6.16. The van der Waals surface area contributed by atoms with Gasteiger partial charge in [-0.15, -0.1) is 0 Å². The van der Waals surface area contributed by atoms with Gasteiger partial charge in [-0.05, 0) is 25.8 Å². The average molecular weight is 185 g/mol. The van der Waals surface area contributed by atoms with Crippen molar-refractivity contribution >= 4 is 0 Å². The SMILES string of the molecule is CCNC(C(C)C)C1CCOC1C. The van der Waals surface area contributed by atoms with E-state index in [9.17, 15) is 0 Å². The number of rotatable bonds is 4. The van der Waals surface area contributed by atoms with Crippen molar-refractivity contribution in [3.8, 4) is 0 Å². The van der Waals surface area contributed by atoms with Crippen molar-refractivity contribution in [1.82, 2.24) is 5.32 Å². The van der Waals surface area contributed by atoms with Gasteiger partial charge in [0.25, 0.3) is 0 Å². The second-order valence-corrected chi connectivity index (χ2v) is 4.36. The lowest BCUT2D eigenvalue weighted by atomic mass is 9.86. The smallest absolute Gasteiger partial charge is 0.0590 e. The third-order valence-corrected chi connectivity index (χ3v) is 3.05. The molecular weight excluding hydrogens is 162 g/mol. The number of ether oxygens (including phenoxy) is 1. The zero-order chi connectivity index (χ0) is 9.84. The largest absolute Gasteiger partial charge is 0.378 e. The van der Waals surface area contributed by atoms with E-state index < -0.39 is 0 Å². The van der Waals surface area contributed by atoms with Crippen LogP contribution in [0, 0.1) is 11.8 Å². The van der Waals surface area contributed by atoms with Crippen LogP contribution in [0.2, 0.25) is 0 Å². The zero-order valence-electron chi connectivity index (χ0n) is 9.34. The Morgan fingerprint density at radius 2 is 2.15 bits per heavy atom. The number of hydrogen-bond donors (Lipinski definition) is 1. The molecule has 0 spiro atoms. The van der Waals surface area contributed by atoms with Crippen LogP contribution in [0.25, 0.3) is 0 Å². The summed E-state index contributed by atoms with van der Waals surface area (Å²) in [5.74, 6) is 1.41. The average Bonchev–Trinajstić information content (AvgIpc) is 2.47. The maximum absolute atomic E-state index is 5.60. The van der Waals surface area contributed by atoms with E-state index in [1.807, 2.05) is 0 Å². The van der Waals surface area contributed by atoms with E-state index in [0.717, 1.165) is 13.2 Å². The van der Waals surface area contributed by atoms with Gasteiger partial charge in [0.1, 0.15) is 0 Å². The molecule has 1 fully saturated rings. The van der Waals surface area contributed by atoms with Gasteiger partial charge in [-0.25, -0.2) is 0 Å². The van der Waals surface area contributed by atoms with E-state index in [1.165, 1.54) is 6.42 Å².